The molecule has 2 unspecified atom stereocenters. The summed E-state index contributed by atoms with van der Waals surface area (Å²) < 4.78 is 12.5. The van der Waals surface area contributed by atoms with E-state index in [4.69, 9.17) is 0 Å². The summed E-state index contributed by atoms with van der Waals surface area (Å²) in [6.07, 6.45) is 4.36. The molecule has 0 aliphatic carbocycles. The molecule has 0 bridgehead atoms. The van der Waals surface area contributed by atoms with E-state index in [0.717, 1.165) is 0 Å². The number of hydrogen-bond donors (Lipinski definition) is 0. The van der Waals surface area contributed by atoms with Crippen LogP contribution in [-0.2, 0) is 0 Å². The van der Waals surface area contributed by atoms with Crippen molar-refractivity contribution in [2.24, 2.45) is 16.0 Å². The molecule has 0 spiro atoms. The standard InChI is InChI=1S/C7H8FN3.2C2H6/c1-5-2-10-11-4-6(8)3-9-7(5)11;2*1-2/h2-5,7H,1H3;2*1-2H3. The molecule has 0 aromatic carbocycles. The first kappa shape index (κ1) is 13.8. The fourth-order valence-corrected chi connectivity index (χ4v) is 1.19. The fourth-order valence-electron chi connectivity index (χ4n) is 1.19. The van der Waals surface area contributed by atoms with Crippen molar-refractivity contribution >= 4 is 12.4 Å². The summed E-state index contributed by atoms with van der Waals surface area (Å²) in [5.41, 5.74) is 0. The average molecular weight is 213 g/mol. The molecule has 0 fully saturated rings. The maximum absolute atomic E-state index is 12.5. The zero-order valence-corrected chi connectivity index (χ0v) is 10.1. The molecule has 0 saturated carbocycles. The molecule has 2 heterocycles. The van der Waals surface area contributed by atoms with Crippen LogP contribution in [-0.4, -0.2) is 23.6 Å². The summed E-state index contributed by atoms with van der Waals surface area (Å²) in [5.74, 6) is -0.0666. The molecule has 0 aromatic heterocycles. The van der Waals surface area contributed by atoms with Gasteiger partial charge in [0.15, 0.2) is 5.83 Å². The van der Waals surface area contributed by atoms with Crippen LogP contribution in [0.3, 0.4) is 0 Å². The molecule has 2 atom stereocenters. The van der Waals surface area contributed by atoms with Gasteiger partial charge in [0, 0.05) is 12.1 Å². The SMILES string of the molecule is CC.CC.CC1C=NN2C=C(F)C=NC12. The van der Waals surface area contributed by atoms with Gasteiger partial charge in [-0.25, -0.2) is 9.40 Å². The molecule has 3 nitrogen and oxygen atoms in total. The van der Waals surface area contributed by atoms with Crippen LogP contribution in [0.5, 0.6) is 0 Å². The Labute approximate surface area is 91.4 Å². The van der Waals surface area contributed by atoms with E-state index >= 15 is 0 Å². The lowest BCUT2D eigenvalue weighted by atomic mass is 10.1. The number of hydrogen-bond acceptors (Lipinski definition) is 3. The molecule has 4 heteroatoms. The first-order chi connectivity index (χ1) is 7.27. The van der Waals surface area contributed by atoms with Gasteiger partial charge in [-0.2, -0.15) is 5.10 Å². The molecule has 0 N–H and O–H groups in total. The van der Waals surface area contributed by atoms with Crippen LogP contribution < -0.4 is 0 Å². The maximum Gasteiger partial charge on any atom is 0.159 e. The Balaban J connectivity index is 0.000000442. The van der Waals surface area contributed by atoms with Gasteiger partial charge in [0.05, 0.1) is 12.4 Å². The van der Waals surface area contributed by atoms with Gasteiger partial charge in [0.2, 0.25) is 0 Å². The van der Waals surface area contributed by atoms with Crippen LogP contribution >= 0.6 is 0 Å². The molecule has 2 rings (SSSR count). The molecule has 0 aromatic rings. The van der Waals surface area contributed by atoms with E-state index in [9.17, 15) is 4.39 Å². The van der Waals surface area contributed by atoms with Crippen molar-refractivity contribution in [3.05, 3.63) is 12.0 Å². The van der Waals surface area contributed by atoms with E-state index in [1.807, 2.05) is 34.6 Å². The largest absolute Gasteiger partial charge is 0.263 e. The lowest BCUT2D eigenvalue weighted by Crippen LogP contribution is -2.27. The Morgan fingerprint density at radius 1 is 1.27 bits per heavy atom. The molecule has 0 saturated heterocycles. The topological polar surface area (TPSA) is 28.0 Å². The Hall–Kier alpha value is -1.19. The third-order valence-electron chi connectivity index (χ3n) is 1.78. The van der Waals surface area contributed by atoms with Gasteiger partial charge in [-0.1, -0.05) is 34.6 Å². The normalized spacial score (nSPS) is 25.7. The van der Waals surface area contributed by atoms with E-state index < -0.39 is 0 Å². The second-order valence-corrected chi connectivity index (χ2v) is 2.71. The van der Waals surface area contributed by atoms with Crippen LogP contribution in [0.15, 0.2) is 22.1 Å². The zero-order chi connectivity index (χ0) is 11.8. The van der Waals surface area contributed by atoms with Crippen molar-refractivity contribution in [1.82, 2.24) is 5.01 Å². The maximum atomic E-state index is 12.5. The van der Waals surface area contributed by atoms with Crippen LogP contribution in [0.1, 0.15) is 34.6 Å². The van der Waals surface area contributed by atoms with Gasteiger partial charge >= 0.3 is 0 Å². The quantitative estimate of drug-likeness (QED) is 0.607. The Kier molecular flexibility index (Phi) is 6.58. The Morgan fingerprint density at radius 2 is 1.87 bits per heavy atom. The van der Waals surface area contributed by atoms with E-state index in [2.05, 4.69) is 10.1 Å². The summed E-state index contributed by atoms with van der Waals surface area (Å²) in [6, 6.07) is 0. The first-order valence-electron chi connectivity index (χ1n) is 5.50. The highest BCUT2D eigenvalue weighted by molar-refractivity contribution is 5.77. The predicted octanol–water partition coefficient (Wildman–Crippen LogP) is 3.20. The van der Waals surface area contributed by atoms with Crippen molar-refractivity contribution in [1.29, 1.82) is 0 Å². The highest BCUT2D eigenvalue weighted by Gasteiger charge is 2.27. The molecule has 2 aliphatic rings. The summed E-state index contributed by atoms with van der Waals surface area (Å²) in [7, 11) is 0. The smallest absolute Gasteiger partial charge is 0.159 e. The van der Waals surface area contributed by atoms with Crippen LogP contribution in [0, 0.1) is 5.92 Å². The Morgan fingerprint density at radius 3 is 2.47 bits per heavy atom. The zero-order valence-electron chi connectivity index (χ0n) is 10.1. The fraction of sp³-hybridized carbons (Fsp3) is 0.636. The summed E-state index contributed by atoms with van der Waals surface area (Å²) in [6.45, 7) is 10.0. The molecule has 86 valence electrons. The molecular formula is C11H20FN3. The number of rotatable bonds is 0. The van der Waals surface area contributed by atoms with Gasteiger partial charge in [-0.3, -0.25) is 4.99 Å². The molecule has 0 amide bonds. The monoisotopic (exact) mass is 213 g/mol. The second kappa shape index (κ2) is 7.15. The number of nitrogens with zero attached hydrogens (tertiary/aromatic N) is 3. The summed E-state index contributed by atoms with van der Waals surface area (Å²) >= 11 is 0. The van der Waals surface area contributed by atoms with E-state index in [-0.39, 0.29) is 17.9 Å². The molecule has 2 aliphatic heterocycles. The van der Waals surface area contributed by atoms with Crippen molar-refractivity contribution in [2.45, 2.75) is 40.8 Å². The average Bonchev–Trinajstić information content (AvgIpc) is 2.65. The van der Waals surface area contributed by atoms with Crippen LogP contribution in [0.25, 0.3) is 0 Å². The van der Waals surface area contributed by atoms with E-state index in [0.29, 0.717) is 0 Å². The molecule has 0 radical (unpaired) electrons. The number of hydrazone groups is 1. The minimum Gasteiger partial charge on any atom is -0.263 e. The number of halogens is 1. The minimum atomic E-state index is -0.340. The van der Waals surface area contributed by atoms with Crippen molar-refractivity contribution in [3.8, 4) is 0 Å². The summed E-state index contributed by atoms with van der Waals surface area (Å²) in [5, 5.41) is 5.51. The van der Waals surface area contributed by atoms with Gasteiger partial charge in [-0.15, -0.1) is 0 Å². The van der Waals surface area contributed by atoms with Crippen molar-refractivity contribution < 1.29 is 4.39 Å². The number of fused-ring (bicyclic) bond motifs is 1. The van der Waals surface area contributed by atoms with E-state index in [1.165, 1.54) is 12.4 Å². The second-order valence-electron chi connectivity index (χ2n) is 2.71. The molecule has 15 heavy (non-hydrogen) atoms. The van der Waals surface area contributed by atoms with Gasteiger partial charge in [-0.05, 0) is 0 Å². The Bertz CT molecular complexity index is 259. The van der Waals surface area contributed by atoms with Gasteiger partial charge in [0.1, 0.15) is 6.17 Å². The van der Waals surface area contributed by atoms with Crippen molar-refractivity contribution in [3.63, 3.8) is 0 Å². The lowest BCUT2D eigenvalue weighted by Gasteiger charge is -2.21. The number of aliphatic imine (C=N–C) groups is 1. The number of allylic oxidation sites excluding steroid dienone is 1. The third-order valence-corrected chi connectivity index (χ3v) is 1.78. The highest BCUT2D eigenvalue weighted by atomic mass is 19.1. The molecular weight excluding hydrogens is 193 g/mol. The van der Waals surface area contributed by atoms with Crippen LogP contribution in [0.2, 0.25) is 0 Å². The highest BCUT2D eigenvalue weighted by Crippen LogP contribution is 2.22. The predicted molar refractivity (Wildman–Crippen MR) is 63.7 cm³/mol. The van der Waals surface area contributed by atoms with E-state index in [1.54, 1.807) is 11.2 Å². The van der Waals surface area contributed by atoms with Gasteiger partial charge < -0.3 is 0 Å². The van der Waals surface area contributed by atoms with Crippen LogP contribution in [0.4, 0.5) is 4.39 Å². The van der Waals surface area contributed by atoms with Crippen molar-refractivity contribution in [2.75, 3.05) is 0 Å². The third kappa shape index (κ3) is 3.46. The van der Waals surface area contributed by atoms with Gasteiger partial charge in [0.25, 0.3) is 0 Å². The lowest BCUT2D eigenvalue weighted by molar-refractivity contribution is 0.285. The summed E-state index contributed by atoms with van der Waals surface area (Å²) in [4.78, 5) is 3.99. The first-order valence-corrected chi connectivity index (χ1v) is 5.50. The minimum absolute atomic E-state index is 0.0190.